The highest BCUT2D eigenvalue weighted by atomic mass is 32.2. The average molecular weight is 857 g/mol. The minimum Gasteiger partial charge on any atom is -0.497 e. The lowest BCUT2D eigenvalue weighted by molar-refractivity contribution is -0.131. The van der Waals surface area contributed by atoms with E-state index in [1.54, 1.807) is 30.9 Å². The number of hydrogen-bond donors (Lipinski definition) is 2. The van der Waals surface area contributed by atoms with E-state index in [-0.39, 0.29) is 31.3 Å². The Hall–Kier alpha value is -5.22. The van der Waals surface area contributed by atoms with Crippen molar-refractivity contribution in [1.29, 1.82) is 0 Å². The van der Waals surface area contributed by atoms with Crippen LogP contribution in [0.15, 0.2) is 66.1 Å². The zero-order chi connectivity index (χ0) is 42.4. The van der Waals surface area contributed by atoms with Crippen LogP contribution in [-0.2, 0) is 26.2 Å². The fourth-order valence-corrected chi connectivity index (χ4v) is 10.2. The molecule has 0 bridgehead atoms. The predicted molar refractivity (Wildman–Crippen MR) is 228 cm³/mol. The van der Waals surface area contributed by atoms with E-state index in [9.17, 15) is 22.8 Å². The molecule has 4 aromatic rings. The van der Waals surface area contributed by atoms with Crippen molar-refractivity contribution in [2.45, 2.75) is 101 Å². The fourth-order valence-electron chi connectivity index (χ4n) is 7.97. The molecule has 2 saturated carbocycles. The van der Waals surface area contributed by atoms with Gasteiger partial charge in [-0.25, -0.2) is 23.2 Å². The van der Waals surface area contributed by atoms with E-state index < -0.39 is 50.2 Å². The summed E-state index contributed by atoms with van der Waals surface area (Å²) >= 11 is 1.50. The van der Waals surface area contributed by atoms with Gasteiger partial charge in [0.05, 0.1) is 36.7 Å². The zero-order valence-corrected chi connectivity index (χ0v) is 36.2. The van der Waals surface area contributed by atoms with E-state index in [4.69, 9.17) is 24.2 Å². The quantitative estimate of drug-likeness (QED) is 0.158. The number of thiazole rings is 1. The molecular formula is C44H52N6O8S2. The van der Waals surface area contributed by atoms with Gasteiger partial charge in [-0.1, -0.05) is 38.1 Å². The number of urea groups is 1. The number of nitrogens with one attached hydrogen (secondary N) is 2. The summed E-state index contributed by atoms with van der Waals surface area (Å²) in [7, 11) is -0.783. The number of ether oxygens (including phenoxy) is 3. The number of amides is 4. The molecule has 0 radical (unpaired) electrons. The van der Waals surface area contributed by atoms with Crippen LogP contribution in [0.2, 0.25) is 0 Å². The third kappa shape index (κ3) is 8.27. The highest BCUT2D eigenvalue weighted by Crippen LogP contribution is 2.48. The summed E-state index contributed by atoms with van der Waals surface area (Å²) in [5.74, 6) is 0.357. The molecule has 2 aliphatic carbocycles. The van der Waals surface area contributed by atoms with Crippen LogP contribution in [0, 0.1) is 5.92 Å². The molecule has 3 fully saturated rings. The molecule has 2 aliphatic heterocycles. The number of carbonyl (C=O) groups is 3. The molecule has 0 unspecified atom stereocenters. The van der Waals surface area contributed by atoms with Crippen molar-refractivity contribution < 1.29 is 37.0 Å². The van der Waals surface area contributed by atoms with Gasteiger partial charge in [0, 0.05) is 48.3 Å². The number of methoxy groups -OCH3 is 2. The molecule has 16 heteroatoms. The smallest absolute Gasteiger partial charge is 0.321 e. The Balaban J connectivity index is 1.14. The normalized spacial score (nSPS) is 24.0. The van der Waals surface area contributed by atoms with Crippen LogP contribution in [0.4, 0.5) is 4.79 Å². The van der Waals surface area contributed by atoms with E-state index in [0.717, 1.165) is 28.1 Å². The van der Waals surface area contributed by atoms with Crippen molar-refractivity contribution in [2.75, 3.05) is 27.3 Å². The number of pyridine rings is 1. The van der Waals surface area contributed by atoms with Gasteiger partial charge < -0.3 is 29.3 Å². The standard InChI is InChI=1S/C44H52N6O8S2/c1-27(2)36-26-59-40(46-36)35-22-38(33-16-15-31(57-5)20-34(33)45-35)58-32-21-37-39(51)47-44(41(52)48-60(54,55)43(3)17-18-43)23-29(44)10-8-6-7-9-19-49(42(53)50(37)25-32)24-28-11-13-30(56-4)14-12-28/h8,10-16,20,22,26-27,29,32,37H,6-7,9,17-19,21,23-25H2,1-5H3,(H,47,51)(H,48,52)/t29-,32-,37+,44-/m1/s1. The maximum Gasteiger partial charge on any atom is 0.321 e. The Labute approximate surface area is 354 Å². The summed E-state index contributed by atoms with van der Waals surface area (Å²) in [6.07, 6.45) is 6.69. The number of nitrogens with zero attached hydrogens (tertiary/aromatic N) is 4. The number of rotatable bonds is 11. The summed E-state index contributed by atoms with van der Waals surface area (Å²) in [4.78, 5) is 56.6. The second kappa shape index (κ2) is 16.3. The first-order valence-electron chi connectivity index (χ1n) is 20.6. The molecule has 4 atom stereocenters. The van der Waals surface area contributed by atoms with E-state index >= 15 is 0 Å². The van der Waals surface area contributed by atoms with E-state index in [1.165, 1.54) is 11.3 Å². The molecule has 60 heavy (non-hydrogen) atoms. The van der Waals surface area contributed by atoms with Gasteiger partial charge in [-0.3, -0.25) is 14.3 Å². The molecule has 318 valence electrons. The SMILES string of the molecule is COc1ccc(CN2CCCCC=C[C@@H]3C[C@@]3(C(=O)NS(=O)(=O)C3(C)CC3)NC(=O)[C@@H]3C[C@@H](Oc4cc(-c5nc(C(C)C)cs5)nc5cc(OC)ccc45)CN3C2=O)cc1. The second-order valence-electron chi connectivity index (χ2n) is 16.9. The first-order valence-corrected chi connectivity index (χ1v) is 22.9. The monoisotopic (exact) mass is 856 g/mol. The third-order valence-corrected chi connectivity index (χ3v) is 15.3. The lowest BCUT2D eigenvalue weighted by Crippen LogP contribution is -2.58. The third-order valence-electron chi connectivity index (χ3n) is 12.2. The molecule has 4 aliphatic rings. The Kier molecular flexibility index (Phi) is 11.3. The molecule has 0 spiro atoms. The Bertz CT molecular complexity index is 2430. The van der Waals surface area contributed by atoms with E-state index in [1.807, 2.05) is 66.1 Å². The number of sulfonamides is 1. The van der Waals surface area contributed by atoms with Gasteiger partial charge in [0.15, 0.2) is 0 Å². The van der Waals surface area contributed by atoms with Gasteiger partial charge in [0.25, 0.3) is 5.91 Å². The largest absolute Gasteiger partial charge is 0.497 e. The van der Waals surface area contributed by atoms with Crippen LogP contribution in [0.3, 0.4) is 0 Å². The number of carbonyl (C=O) groups excluding carboxylic acids is 3. The van der Waals surface area contributed by atoms with Crippen molar-refractivity contribution in [1.82, 2.24) is 29.8 Å². The lowest BCUT2D eigenvalue weighted by Gasteiger charge is -2.32. The molecule has 8 rings (SSSR count). The average Bonchev–Trinajstić information content (AvgIpc) is 4.00. The summed E-state index contributed by atoms with van der Waals surface area (Å²) in [6.45, 7) is 6.61. The maximum atomic E-state index is 14.8. The number of benzene rings is 2. The molecule has 14 nitrogen and oxygen atoms in total. The van der Waals surface area contributed by atoms with Crippen molar-refractivity contribution in [2.24, 2.45) is 5.92 Å². The van der Waals surface area contributed by atoms with Crippen molar-refractivity contribution in [3.05, 3.63) is 77.3 Å². The van der Waals surface area contributed by atoms with Gasteiger partial charge in [0.2, 0.25) is 15.9 Å². The number of aromatic nitrogens is 2. The van der Waals surface area contributed by atoms with Crippen LogP contribution in [-0.4, -0.2) is 95.8 Å². The lowest BCUT2D eigenvalue weighted by atomic mass is 10.1. The molecule has 2 N–H and O–H groups in total. The summed E-state index contributed by atoms with van der Waals surface area (Å²) in [5, 5.41) is 6.45. The van der Waals surface area contributed by atoms with E-state index in [2.05, 4.69) is 23.9 Å². The van der Waals surface area contributed by atoms with Crippen LogP contribution in [0.1, 0.15) is 82.9 Å². The van der Waals surface area contributed by atoms with Crippen molar-refractivity contribution >= 4 is 50.1 Å². The van der Waals surface area contributed by atoms with Gasteiger partial charge in [-0.15, -0.1) is 11.3 Å². The van der Waals surface area contributed by atoms with E-state index in [0.29, 0.717) is 67.2 Å². The van der Waals surface area contributed by atoms with Crippen LogP contribution in [0.5, 0.6) is 17.2 Å². The summed E-state index contributed by atoms with van der Waals surface area (Å²) in [5.41, 5.74) is 1.63. The minimum absolute atomic E-state index is 0.0787. The Morgan fingerprint density at radius 1 is 1.03 bits per heavy atom. The first-order chi connectivity index (χ1) is 28.7. The molecule has 4 amide bonds. The minimum atomic E-state index is -3.98. The molecule has 2 aromatic carbocycles. The zero-order valence-electron chi connectivity index (χ0n) is 34.6. The topological polar surface area (TPSA) is 169 Å². The van der Waals surface area contributed by atoms with Crippen LogP contribution < -0.4 is 24.2 Å². The molecule has 2 aromatic heterocycles. The molecule has 4 heterocycles. The van der Waals surface area contributed by atoms with Gasteiger partial charge in [0.1, 0.15) is 45.6 Å². The summed E-state index contributed by atoms with van der Waals surface area (Å²) in [6, 6.07) is 13.6. The maximum absolute atomic E-state index is 14.8. The second-order valence-corrected chi connectivity index (χ2v) is 20.0. The highest BCUT2D eigenvalue weighted by Gasteiger charge is 2.63. The Morgan fingerprint density at radius 2 is 1.78 bits per heavy atom. The first kappa shape index (κ1) is 41.5. The van der Waals surface area contributed by atoms with Gasteiger partial charge in [-0.2, -0.15) is 0 Å². The van der Waals surface area contributed by atoms with Crippen LogP contribution >= 0.6 is 11.3 Å². The Morgan fingerprint density at radius 3 is 2.48 bits per heavy atom. The number of hydrogen-bond acceptors (Lipinski definition) is 11. The number of allylic oxidation sites excluding steroid dienone is 1. The number of fused-ring (bicyclic) bond motifs is 3. The van der Waals surface area contributed by atoms with Gasteiger partial charge >= 0.3 is 6.03 Å². The molecule has 1 saturated heterocycles. The van der Waals surface area contributed by atoms with Crippen LogP contribution in [0.25, 0.3) is 21.6 Å². The van der Waals surface area contributed by atoms with Crippen molar-refractivity contribution in [3.8, 4) is 28.0 Å². The van der Waals surface area contributed by atoms with Crippen molar-refractivity contribution in [3.63, 3.8) is 0 Å². The predicted octanol–water partition coefficient (Wildman–Crippen LogP) is 6.56. The fraction of sp³-hybridized carbons (Fsp3) is 0.477. The molecular weight excluding hydrogens is 805 g/mol. The highest BCUT2D eigenvalue weighted by molar-refractivity contribution is 7.91. The van der Waals surface area contributed by atoms with Gasteiger partial charge in [-0.05, 0) is 81.2 Å². The summed E-state index contributed by atoms with van der Waals surface area (Å²) < 4.78 is 45.5.